The van der Waals surface area contributed by atoms with Crippen LogP contribution in [0.3, 0.4) is 0 Å². The van der Waals surface area contributed by atoms with Crippen molar-refractivity contribution in [1.82, 2.24) is 5.32 Å². The Morgan fingerprint density at radius 3 is 2.71 bits per heavy atom. The summed E-state index contributed by atoms with van der Waals surface area (Å²) in [5.41, 5.74) is 0.381. The standard InChI is InChI=1S/C12H17NO/c14-12(8-4-5-9-13-10-12)11-6-2-1-3-7-11/h1-3,6-7,13-14H,4-5,8-10H2/t12-/m0/s1. The third-order valence-corrected chi connectivity index (χ3v) is 2.92. The second kappa shape index (κ2) is 4.11. The second-order valence-corrected chi connectivity index (χ2v) is 4.03. The molecule has 1 aromatic rings. The summed E-state index contributed by atoms with van der Waals surface area (Å²) >= 11 is 0. The molecule has 14 heavy (non-hydrogen) atoms. The van der Waals surface area contributed by atoms with Crippen molar-refractivity contribution >= 4 is 0 Å². The van der Waals surface area contributed by atoms with Gasteiger partial charge in [0, 0.05) is 6.54 Å². The monoisotopic (exact) mass is 191 g/mol. The van der Waals surface area contributed by atoms with Crippen LogP contribution in [-0.2, 0) is 5.60 Å². The smallest absolute Gasteiger partial charge is 0.102 e. The Morgan fingerprint density at radius 2 is 1.93 bits per heavy atom. The molecule has 76 valence electrons. The highest BCUT2D eigenvalue weighted by molar-refractivity contribution is 5.22. The van der Waals surface area contributed by atoms with E-state index < -0.39 is 5.60 Å². The van der Waals surface area contributed by atoms with E-state index >= 15 is 0 Å². The van der Waals surface area contributed by atoms with E-state index in [1.54, 1.807) is 0 Å². The van der Waals surface area contributed by atoms with Crippen LogP contribution in [0.5, 0.6) is 0 Å². The van der Waals surface area contributed by atoms with Gasteiger partial charge >= 0.3 is 0 Å². The van der Waals surface area contributed by atoms with Gasteiger partial charge in [0.25, 0.3) is 0 Å². The number of rotatable bonds is 1. The minimum atomic E-state index is -0.655. The highest BCUT2D eigenvalue weighted by Gasteiger charge is 2.29. The lowest BCUT2D eigenvalue weighted by Crippen LogP contribution is -2.36. The van der Waals surface area contributed by atoms with E-state index in [0.717, 1.165) is 31.4 Å². The quantitative estimate of drug-likeness (QED) is 0.707. The number of aliphatic hydroxyl groups is 1. The maximum absolute atomic E-state index is 10.5. The van der Waals surface area contributed by atoms with Crippen LogP contribution in [-0.4, -0.2) is 18.2 Å². The number of hydrogen-bond acceptors (Lipinski definition) is 2. The van der Waals surface area contributed by atoms with E-state index in [1.807, 2.05) is 30.3 Å². The highest BCUT2D eigenvalue weighted by atomic mass is 16.3. The van der Waals surface area contributed by atoms with E-state index in [0.29, 0.717) is 6.54 Å². The molecule has 2 rings (SSSR count). The first-order valence-electron chi connectivity index (χ1n) is 5.30. The minimum Gasteiger partial charge on any atom is -0.384 e. The number of hydrogen-bond donors (Lipinski definition) is 2. The molecule has 0 aromatic heterocycles. The Morgan fingerprint density at radius 1 is 1.14 bits per heavy atom. The third kappa shape index (κ3) is 1.97. The van der Waals surface area contributed by atoms with Crippen LogP contribution >= 0.6 is 0 Å². The van der Waals surface area contributed by atoms with Gasteiger partial charge in [-0.2, -0.15) is 0 Å². The Bertz CT molecular complexity index is 276. The molecule has 0 aliphatic carbocycles. The summed E-state index contributed by atoms with van der Waals surface area (Å²) in [4.78, 5) is 0. The van der Waals surface area contributed by atoms with Crippen molar-refractivity contribution < 1.29 is 5.11 Å². The van der Waals surface area contributed by atoms with Gasteiger partial charge in [-0.05, 0) is 31.4 Å². The van der Waals surface area contributed by atoms with Crippen molar-refractivity contribution in [2.45, 2.75) is 24.9 Å². The molecule has 0 radical (unpaired) electrons. The summed E-state index contributed by atoms with van der Waals surface area (Å²) in [6.45, 7) is 1.70. The van der Waals surface area contributed by atoms with Crippen LogP contribution < -0.4 is 5.32 Å². The topological polar surface area (TPSA) is 32.3 Å². The van der Waals surface area contributed by atoms with Gasteiger partial charge in [-0.25, -0.2) is 0 Å². The summed E-state index contributed by atoms with van der Waals surface area (Å²) in [5.74, 6) is 0. The van der Waals surface area contributed by atoms with Crippen LogP contribution in [0.15, 0.2) is 30.3 Å². The van der Waals surface area contributed by atoms with Crippen LogP contribution in [0.1, 0.15) is 24.8 Å². The van der Waals surface area contributed by atoms with Gasteiger partial charge in [0.05, 0.1) is 0 Å². The Labute approximate surface area is 85.0 Å². The second-order valence-electron chi connectivity index (χ2n) is 4.03. The molecule has 1 fully saturated rings. The fraction of sp³-hybridized carbons (Fsp3) is 0.500. The van der Waals surface area contributed by atoms with Gasteiger partial charge in [-0.15, -0.1) is 0 Å². The van der Waals surface area contributed by atoms with Crippen LogP contribution in [0.25, 0.3) is 0 Å². The highest BCUT2D eigenvalue weighted by Crippen LogP contribution is 2.27. The molecule has 1 atom stereocenters. The van der Waals surface area contributed by atoms with E-state index in [9.17, 15) is 5.11 Å². The van der Waals surface area contributed by atoms with Gasteiger partial charge < -0.3 is 10.4 Å². The van der Waals surface area contributed by atoms with Gasteiger partial charge in [-0.1, -0.05) is 30.3 Å². The van der Waals surface area contributed by atoms with E-state index in [4.69, 9.17) is 0 Å². The predicted octanol–water partition coefficient (Wildman–Crippen LogP) is 1.65. The molecular formula is C12H17NO. The van der Waals surface area contributed by atoms with Crippen LogP contribution in [0.2, 0.25) is 0 Å². The molecule has 1 heterocycles. The lowest BCUT2D eigenvalue weighted by Gasteiger charge is -2.27. The largest absolute Gasteiger partial charge is 0.384 e. The Hall–Kier alpha value is -0.860. The van der Waals surface area contributed by atoms with Crippen molar-refractivity contribution in [3.05, 3.63) is 35.9 Å². The summed E-state index contributed by atoms with van der Waals surface area (Å²) in [5, 5.41) is 13.7. The van der Waals surface area contributed by atoms with Crippen molar-refractivity contribution in [3.63, 3.8) is 0 Å². The molecule has 2 nitrogen and oxygen atoms in total. The summed E-state index contributed by atoms with van der Waals surface area (Å²) in [6.07, 6.45) is 3.12. The zero-order valence-electron chi connectivity index (χ0n) is 8.37. The van der Waals surface area contributed by atoms with E-state index in [-0.39, 0.29) is 0 Å². The van der Waals surface area contributed by atoms with Gasteiger partial charge in [0.1, 0.15) is 5.60 Å². The molecule has 1 aliphatic rings. The Kier molecular flexibility index (Phi) is 2.85. The van der Waals surface area contributed by atoms with E-state index in [1.165, 1.54) is 0 Å². The molecule has 2 N–H and O–H groups in total. The summed E-state index contributed by atoms with van der Waals surface area (Å²) in [6, 6.07) is 9.97. The number of benzene rings is 1. The zero-order valence-corrected chi connectivity index (χ0v) is 8.37. The molecule has 0 bridgehead atoms. The molecule has 0 spiro atoms. The zero-order chi connectivity index (χ0) is 9.86. The molecule has 2 heteroatoms. The molecule has 1 saturated heterocycles. The summed E-state index contributed by atoms with van der Waals surface area (Å²) < 4.78 is 0. The molecule has 0 unspecified atom stereocenters. The minimum absolute atomic E-state index is 0.655. The first-order chi connectivity index (χ1) is 6.81. The lowest BCUT2D eigenvalue weighted by molar-refractivity contribution is 0.0327. The average Bonchev–Trinajstić information content (AvgIpc) is 2.46. The molecule has 1 aromatic carbocycles. The molecule has 1 aliphatic heterocycles. The first kappa shape index (κ1) is 9.69. The van der Waals surface area contributed by atoms with Crippen molar-refractivity contribution in [3.8, 4) is 0 Å². The van der Waals surface area contributed by atoms with Gasteiger partial charge in [-0.3, -0.25) is 0 Å². The number of nitrogens with one attached hydrogen (secondary N) is 1. The molecule has 0 saturated carbocycles. The molecule has 0 amide bonds. The van der Waals surface area contributed by atoms with Crippen LogP contribution in [0.4, 0.5) is 0 Å². The van der Waals surface area contributed by atoms with Crippen LogP contribution in [0, 0.1) is 0 Å². The fourth-order valence-corrected chi connectivity index (χ4v) is 2.05. The maximum Gasteiger partial charge on any atom is 0.102 e. The van der Waals surface area contributed by atoms with Crippen molar-refractivity contribution in [2.75, 3.05) is 13.1 Å². The fourth-order valence-electron chi connectivity index (χ4n) is 2.05. The van der Waals surface area contributed by atoms with Gasteiger partial charge in [0.15, 0.2) is 0 Å². The van der Waals surface area contributed by atoms with Crippen molar-refractivity contribution in [1.29, 1.82) is 0 Å². The average molecular weight is 191 g/mol. The third-order valence-electron chi connectivity index (χ3n) is 2.92. The normalized spacial score (nSPS) is 28.4. The van der Waals surface area contributed by atoms with E-state index in [2.05, 4.69) is 5.32 Å². The Balaban J connectivity index is 2.21. The number of β-amino-alcohol motifs (C(OH)–C–C–N with tert-alkyl or cyclic N) is 1. The first-order valence-corrected chi connectivity index (χ1v) is 5.30. The van der Waals surface area contributed by atoms with Gasteiger partial charge in [0.2, 0.25) is 0 Å². The lowest BCUT2D eigenvalue weighted by atomic mass is 9.89. The van der Waals surface area contributed by atoms with Crippen molar-refractivity contribution in [2.24, 2.45) is 0 Å². The predicted molar refractivity (Wildman–Crippen MR) is 57.1 cm³/mol. The summed E-state index contributed by atoms with van der Waals surface area (Å²) in [7, 11) is 0. The SMILES string of the molecule is O[C@@]1(c2ccccc2)CCCCNC1. The maximum atomic E-state index is 10.5. The molecular weight excluding hydrogens is 174 g/mol.